The van der Waals surface area contributed by atoms with E-state index in [4.69, 9.17) is 5.11 Å². The molecule has 1 aliphatic heterocycles. The zero-order valence-electron chi connectivity index (χ0n) is 14.1. The summed E-state index contributed by atoms with van der Waals surface area (Å²) in [5, 5.41) is 25.3. The van der Waals surface area contributed by atoms with Crippen LogP contribution in [-0.2, 0) is 9.59 Å². The molecule has 2 aromatic carbocycles. The fourth-order valence-electron chi connectivity index (χ4n) is 2.84. The highest BCUT2D eigenvalue weighted by molar-refractivity contribution is 6.04. The van der Waals surface area contributed by atoms with Gasteiger partial charge in [-0.1, -0.05) is 42.5 Å². The number of benzene rings is 2. The van der Waals surface area contributed by atoms with Crippen molar-refractivity contribution >= 4 is 23.3 Å². The lowest BCUT2D eigenvalue weighted by Crippen LogP contribution is -2.25. The quantitative estimate of drug-likeness (QED) is 0.497. The highest BCUT2D eigenvalue weighted by Crippen LogP contribution is 2.33. The normalized spacial score (nSPS) is 16.4. The van der Waals surface area contributed by atoms with Crippen LogP contribution in [0.25, 0.3) is 0 Å². The van der Waals surface area contributed by atoms with Crippen LogP contribution in [-0.4, -0.2) is 32.6 Å². The molecule has 8 nitrogen and oxygen atoms in total. The lowest BCUT2D eigenvalue weighted by molar-refractivity contribution is -0.384. The Morgan fingerprint density at radius 3 is 2.56 bits per heavy atom. The van der Waals surface area contributed by atoms with Crippen LogP contribution < -0.4 is 0 Å². The zero-order chi connectivity index (χ0) is 19.4. The van der Waals surface area contributed by atoms with E-state index in [1.165, 1.54) is 17.1 Å². The smallest absolute Gasteiger partial charge is 0.328 e. The van der Waals surface area contributed by atoms with E-state index in [1.54, 1.807) is 12.1 Å². The minimum Gasteiger partial charge on any atom is -0.478 e. The van der Waals surface area contributed by atoms with Crippen molar-refractivity contribution in [2.45, 2.75) is 12.5 Å². The van der Waals surface area contributed by atoms with Crippen LogP contribution in [0.2, 0.25) is 0 Å². The van der Waals surface area contributed by atoms with Crippen molar-refractivity contribution < 1.29 is 19.6 Å². The molecule has 0 saturated heterocycles. The van der Waals surface area contributed by atoms with Crippen LogP contribution in [0, 0.1) is 10.1 Å². The topological polar surface area (TPSA) is 113 Å². The number of nitro benzene ring substituents is 1. The van der Waals surface area contributed by atoms with Gasteiger partial charge in [-0.15, -0.1) is 0 Å². The van der Waals surface area contributed by atoms with Gasteiger partial charge in [0.15, 0.2) is 0 Å². The second kappa shape index (κ2) is 7.61. The SMILES string of the molecule is O=C(O)/C=C/C(=O)N1N=C(c2cccc([N+](=O)[O-])c2)C[C@H]1c1ccccc1. The highest BCUT2D eigenvalue weighted by atomic mass is 16.6. The maximum Gasteiger partial charge on any atom is 0.328 e. The molecule has 0 saturated carbocycles. The summed E-state index contributed by atoms with van der Waals surface area (Å²) in [7, 11) is 0. The Bertz CT molecular complexity index is 953. The third kappa shape index (κ3) is 4.06. The molecule has 8 heteroatoms. The number of carbonyl (C=O) groups excluding carboxylic acids is 1. The largest absolute Gasteiger partial charge is 0.478 e. The molecule has 2 aromatic rings. The number of amides is 1. The average molecular weight is 365 g/mol. The fraction of sp³-hybridized carbons (Fsp3) is 0.105. The molecule has 0 radical (unpaired) electrons. The molecule has 1 atom stereocenters. The summed E-state index contributed by atoms with van der Waals surface area (Å²) in [5.74, 6) is -1.81. The maximum atomic E-state index is 12.4. The van der Waals surface area contributed by atoms with Gasteiger partial charge in [0, 0.05) is 36.3 Å². The van der Waals surface area contributed by atoms with E-state index >= 15 is 0 Å². The van der Waals surface area contributed by atoms with Gasteiger partial charge >= 0.3 is 5.97 Å². The Morgan fingerprint density at radius 2 is 1.89 bits per heavy atom. The number of non-ortho nitro benzene ring substituents is 1. The fourth-order valence-corrected chi connectivity index (χ4v) is 2.84. The summed E-state index contributed by atoms with van der Waals surface area (Å²) in [6, 6.07) is 14.8. The first-order valence-electron chi connectivity index (χ1n) is 8.07. The Morgan fingerprint density at radius 1 is 1.15 bits per heavy atom. The van der Waals surface area contributed by atoms with Gasteiger partial charge in [-0.2, -0.15) is 5.10 Å². The van der Waals surface area contributed by atoms with Crippen molar-refractivity contribution in [3.8, 4) is 0 Å². The minimum atomic E-state index is -1.23. The number of hydrogen-bond acceptors (Lipinski definition) is 5. The zero-order valence-corrected chi connectivity index (χ0v) is 14.1. The molecule has 0 aromatic heterocycles. The second-order valence-corrected chi connectivity index (χ2v) is 5.84. The third-order valence-corrected chi connectivity index (χ3v) is 4.08. The molecule has 1 heterocycles. The van der Waals surface area contributed by atoms with E-state index < -0.39 is 22.8 Å². The number of nitro groups is 1. The van der Waals surface area contributed by atoms with Crippen LogP contribution >= 0.6 is 0 Å². The number of carbonyl (C=O) groups is 2. The lowest BCUT2D eigenvalue weighted by atomic mass is 9.98. The number of hydrazone groups is 1. The van der Waals surface area contributed by atoms with E-state index in [1.807, 2.05) is 30.3 Å². The second-order valence-electron chi connectivity index (χ2n) is 5.84. The van der Waals surface area contributed by atoms with E-state index in [0.29, 0.717) is 17.7 Å². The minimum absolute atomic E-state index is 0.0676. The third-order valence-electron chi connectivity index (χ3n) is 4.08. The van der Waals surface area contributed by atoms with Gasteiger partial charge < -0.3 is 5.11 Å². The Hall–Kier alpha value is -3.81. The number of carboxylic acid groups (broad SMARTS) is 1. The van der Waals surface area contributed by atoms with Crippen LogP contribution in [0.3, 0.4) is 0 Å². The first kappa shape index (κ1) is 18.0. The molecular weight excluding hydrogens is 350 g/mol. The van der Waals surface area contributed by atoms with Crippen LogP contribution in [0.15, 0.2) is 71.9 Å². The Kier molecular flexibility index (Phi) is 5.07. The van der Waals surface area contributed by atoms with E-state index in [2.05, 4.69) is 5.10 Å². The number of rotatable bonds is 5. The average Bonchev–Trinajstić information content (AvgIpc) is 3.12. The van der Waals surface area contributed by atoms with Gasteiger partial charge in [-0.05, 0) is 5.56 Å². The Balaban J connectivity index is 1.97. The van der Waals surface area contributed by atoms with Crippen LogP contribution in [0.5, 0.6) is 0 Å². The summed E-state index contributed by atoms with van der Waals surface area (Å²) >= 11 is 0. The molecule has 1 N–H and O–H groups in total. The van der Waals surface area contributed by atoms with Gasteiger partial charge in [-0.25, -0.2) is 9.80 Å². The lowest BCUT2D eigenvalue weighted by Gasteiger charge is -2.20. The van der Waals surface area contributed by atoms with E-state index in [-0.39, 0.29) is 5.69 Å². The molecule has 0 aliphatic carbocycles. The highest BCUT2D eigenvalue weighted by Gasteiger charge is 2.32. The summed E-state index contributed by atoms with van der Waals surface area (Å²) in [5.41, 5.74) is 1.83. The van der Waals surface area contributed by atoms with Gasteiger partial charge in [-0.3, -0.25) is 14.9 Å². The first-order valence-corrected chi connectivity index (χ1v) is 8.07. The predicted molar refractivity (Wildman–Crippen MR) is 97.1 cm³/mol. The summed E-state index contributed by atoms with van der Waals surface area (Å²) < 4.78 is 0. The number of nitrogens with zero attached hydrogens (tertiary/aromatic N) is 3. The molecule has 3 rings (SSSR count). The monoisotopic (exact) mass is 365 g/mol. The molecular formula is C19H15N3O5. The molecule has 1 aliphatic rings. The van der Waals surface area contributed by atoms with Gasteiger partial charge in [0.2, 0.25) is 0 Å². The van der Waals surface area contributed by atoms with Crippen molar-refractivity contribution in [2.75, 3.05) is 0 Å². The molecule has 27 heavy (non-hydrogen) atoms. The molecule has 1 amide bonds. The number of carboxylic acids is 1. The Labute approximate surface area is 154 Å². The molecule has 0 spiro atoms. The van der Waals surface area contributed by atoms with Gasteiger partial charge in [0.05, 0.1) is 16.7 Å². The van der Waals surface area contributed by atoms with Gasteiger partial charge in [0.25, 0.3) is 11.6 Å². The van der Waals surface area contributed by atoms with Crippen molar-refractivity contribution in [3.63, 3.8) is 0 Å². The molecule has 136 valence electrons. The van der Waals surface area contributed by atoms with E-state index in [0.717, 1.165) is 17.7 Å². The molecule has 0 bridgehead atoms. The van der Waals surface area contributed by atoms with Crippen molar-refractivity contribution in [1.82, 2.24) is 5.01 Å². The van der Waals surface area contributed by atoms with E-state index in [9.17, 15) is 19.7 Å². The predicted octanol–water partition coefficient (Wildman–Crippen LogP) is 2.91. The summed E-state index contributed by atoms with van der Waals surface area (Å²) in [6.07, 6.45) is 2.06. The van der Waals surface area contributed by atoms with Crippen LogP contribution in [0.4, 0.5) is 5.69 Å². The first-order chi connectivity index (χ1) is 13.0. The summed E-state index contributed by atoms with van der Waals surface area (Å²) in [4.78, 5) is 33.7. The number of aliphatic carboxylic acids is 1. The van der Waals surface area contributed by atoms with Crippen molar-refractivity contribution in [3.05, 3.63) is 88.0 Å². The van der Waals surface area contributed by atoms with Crippen LogP contribution in [0.1, 0.15) is 23.6 Å². The number of hydrogen-bond donors (Lipinski definition) is 1. The molecule has 0 fully saturated rings. The van der Waals surface area contributed by atoms with Crippen molar-refractivity contribution in [1.29, 1.82) is 0 Å². The van der Waals surface area contributed by atoms with Gasteiger partial charge in [0.1, 0.15) is 0 Å². The van der Waals surface area contributed by atoms with Crippen molar-refractivity contribution in [2.24, 2.45) is 5.10 Å². The summed E-state index contributed by atoms with van der Waals surface area (Å²) in [6.45, 7) is 0. The standard InChI is InChI=1S/C19H15N3O5/c23-18(9-10-19(24)25)21-17(13-5-2-1-3-6-13)12-16(20-21)14-7-4-8-15(11-14)22(26)27/h1-11,17H,12H2,(H,24,25)/b10-9+/t17-/m0/s1. The molecule has 0 unspecified atom stereocenters. The maximum absolute atomic E-state index is 12.4.